The lowest BCUT2D eigenvalue weighted by molar-refractivity contribution is -0.297. The third-order valence-electron chi connectivity index (χ3n) is 11.2. The van der Waals surface area contributed by atoms with E-state index in [-0.39, 0.29) is 35.3 Å². The van der Waals surface area contributed by atoms with Crippen LogP contribution in [0.4, 0.5) is 0 Å². The predicted molar refractivity (Wildman–Crippen MR) is 114 cm³/mol. The first kappa shape index (κ1) is 22.2. The van der Waals surface area contributed by atoms with Crippen molar-refractivity contribution in [3.8, 4) is 0 Å². The van der Waals surface area contributed by atoms with Gasteiger partial charge in [-0.15, -0.1) is 0 Å². The first-order valence-electron chi connectivity index (χ1n) is 12.3. The Morgan fingerprint density at radius 1 is 1.03 bits per heavy atom. The topological polar surface area (TPSA) is 112 Å². The van der Waals surface area contributed by atoms with Gasteiger partial charge in [0.15, 0.2) is 0 Å². The molecule has 5 saturated carbocycles. The summed E-state index contributed by atoms with van der Waals surface area (Å²) < 4.78 is 17.7. The van der Waals surface area contributed by atoms with Gasteiger partial charge in [-0.1, -0.05) is 6.92 Å². The molecular weight excluding hydrogens is 414 g/mol. The van der Waals surface area contributed by atoms with E-state index in [9.17, 15) is 20.4 Å². The number of hydrogen-bond donors (Lipinski definition) is 4. The summed E-state index contributed by atoms with van der Waals surface area (Å²) in [7, 11) is 4.98. The zero-order valence-electron chi connectivity index (χ0n) is 19.6. The Labute approximate surface area is 189 Å². The molecule has 8 heteroatoms. The minimum atomic E-state index is -1.54. The molecule has 5 aliphatic carbocycles. The molecule has 1 saturated heterocycles. The van der Waals surface area contributed by atoms with Crippen molar-refractivity contribution < 1.29 is 34.6 Å². The zero-order chi connectivity index (χ0) is 22.8. The maximum atomic E-state index is 12.5. The highest BCUT2D eigenvalue weighted by molar-refractivity contribution is 5.36. The Balaban J connectivity index is 1.64. The van der Waals surface area contributed by atoms with E-state index < -0.39 is 47.3 Å². The molecule has 14 atom stereocenters. The second kappa shape index (κ2) is 6.88. The number of fused-ring (bicyclic) bond motifs is 2. The van der Waals surface area contributed by atoms with Crippen LogP contribution < -0.4 is 0 Å². The number of hydrogen-bond acceptors (Lipinski definition) is 8. The number of ether oxygens (including phenoxy) is 3. The Morgan fingerprint density at radius 3 is 2.38 bits per heavy atom. The number of likely N-dealkylation sites (tertiary alicyclic amines) is 1. The first-order chi connectivity index (χ1) is 15.3. The van der Waals surface area contributed by atoms with E-state index in [4.69, 9.17) is 14.2 Å². The highest BCUT2D eigenvalue weighted by Crippen LogP contribution is 2.79. The van der Waals surface area contributed by atoms with E-state index in [0.717, 1.165) is 19.5 Å². The van der Waals surface area contributed by atoms with Gasteiger partial charge in [-0.25, -0.2) is 0 Å². The average Bonchev–Trinajstić information content (AvgIpc) is 3.19. The van der Waals surface area contributed by atoms with Crippen molar-refractivity contribution in [1.82, 2.24) is 4.90 Å². The fourth-order valence-corrected chi connectivity index (χ4v) is 10.7. The van der Waals surface area contributed by atoms with Crippen LogP contribution in [0.1, 0.15) is 26.2 Å². The van der Waals surface area contributed by atoms with Crippen LogP contribution in [0.25, 0.3) is 0 Å². The summed E-state index contributed by atoms with van der Waals surface area (Å²) in [5.41, 5.74) is -2.24. The van der Waals surface area contributed by atoms with Crippen LogP contribution in [0, 0.1) is 40.4 Å². The van der Waals surface area contributed by atoms with Gasteiger partial charge >= 0.3 is 0 Å². The van der Waals surface area contributed by atoms with Crippen LogP contribution in [0.2, 0.25) is 0 Å². The van der Waals surface area contributed by atoms with Gasteiger partial charge in [0.05, 0.1) is 31.0 Å². The molecule has 4 N–H and O–H groups in total. The van der Waals surface area contributed by atoms with Crippen LogP contribution in [-0.2, 0) is 14.2 Å². The second-order valence-corrected chi connectivity index (χ2v) is 11.6. The normalized spacial score (nSPS) is 62.4. The molecule has 6 rings (SSSR count). The molecule has 0 amide bonds. The summed E-state index contributed by atoms with van der Waals surface area (Å²) in [6, 6.07) is -0.120. The minimum absolute atomic E-state index is 0.000250. The van der Waals surface area contributed by atoms with Crippen molar-refractivity contribution >= 4 is 0 Å². The van der Waals surface area contributed by atoms with E-state index in [2.05, 4.69) is 11.8 Å². The summed E-state index contributed by atoms with van der Waals surface area (Å²) in [6.45, 7) is 4.33. The minimum Gasteiger partial charge on any atom is -0.392 e. The van der Waals surface area contributed by atoms with Crippen molar-refractivity contribution in [2.45, 2.75) is 68.3 Å². The van der Waals surface area contributed by atoms with Crippen molar-refractivity contribution in [3.05, 3.63) is 0 Å². The lowest BCUT2D eigenvalue weighted by atomic mass is 9.43. The second-order valence-electron chi connectivity index (χ2n) is 11.6. The van der Waals surface area contributed by atoms with Gasteiger partial charge in [0.1, 0.15) is 11.7 Å². The molecule has 0 aromatic heterocycles. The van der Waals surface area contributed by atoms with Crippen molar-refractivity contribution in [3.63, 3.8) is 0 Å². The van der Waals surface area contributed by atoms with Gasteiger partial charge in [-0.05, 0) is 31.7 Å². The quantitative estimate of drug-likeness (QED) is 0.440. The van der Waals surface area contributed by atoms with E-state index in [1.165, 1.54) is 0 Å². The molecule has 1 spiro atoms. The fourth-order valence-electron chi connectivity index (χ4n) is 10.7. The molecule has 0 aromatic carbocycles. The van der Waals surface area contributed by atoms with Gasteiger partial charge in [-0.3, -0.25) is 4.90 Å². The monoisotopic (exact) mass is 453 g/mol. The predicted octanol–water partition coefficient (Wildman–Crippen LogP) is -0.527. The Morgan fingerprint density at radius 2 is 1.75 bits per heavy atom. The van der Waals surface area contributed by atoms with Crippen molar-refractivity contribution in [1.29, 1.82) is 0 Å². The summed E-state index contributed by atoms with van der Waals surface area (Å²) in [4.78, 5) is 2.42. The molecule has 1 aliphatic heterocycles. The third kappa shape index (κ3) is 2.07. The van der Waals surface area contributed by atoms with E-state index in [1.54, 1.807) is 21.3 Å². The largest absolute Gasteiger partial charge is 0.392 e. The molecule has 6 fully saturated rings. The number of nitrogens with zero attached hydrogens (tertiary/aromatic N) is 1. The van der Waals surface area contributed by atoms with Gasteiger partial charge in [0.25, 0.3) is 0 Å². The van der Waals surface area contributed by atoms with Crippen LogP contribution in [0.5, 0.6) is 0 Å². The highest BCUT2D eigenvalue weighted by atomic mass is 16.5. The number of piperidine rings is 1. The highest BCUT2D eigenvalue weighted by Gasteiger charge is 2.87. The number of aliphatic hydroxyl groups is 4. The summed E-state index contributed by atoms with van der Waals surface area (Å²) in [5.74, 6) is -1.29. The summed E-state index contributed by atoms with van der Waals surface area (Å²) in [5, 5.41) is 47.3. The lowest BCUT2D eigenvalue weighted by Crippen LogP contribution is -2.78. The van der Waals surface area contributed by atoms with Crippen LogP contribution in [-0.4, -0.2) is 109 Å². The standard InChI is InChI=1S/C24H39NO7/c1-5-25-9-22(10-30-2)7-6-13(26)23-12-8-11-16(27)14(12)24(29,21(28)17(11)31-3)15(20(23)25)18(32-4)19(22)23/h11-21,26-29H,5-10H2,1-4H3/t11?,12?,13-,14?,15?,16?,17-,18?,19-,20?,21?,22+,23?,24-/m1/s1. The SMILES string of the molecule is CCN1C[C@]2(COC)CC[C@@H](O)C34C5CC6C(O)C5[C@@](O)(C(C(OC)[C@@H]32)C14)C(O)[C@@H]6OC. The van der Waals surface area contributed by atoms with E-state index >= 15 is 0 Å². The summed E-state index contributed by atoms with van der Waals surface area (Å²) in [6.07, 6.45) is -1.22. The molecule has 1 heterocycles. The molecule has 0 aromatic rings. The van der Waals surface area contributed by atoms with Gasteiger partial charge < -0.3 is 34.6 Å². The molecular formula is C24H39NO7. The van der Waals surface area contributed by atoms with Gasteiger partial charge in [-0.2, -0.15) is 0 Å². The van der Waals surface area contributed by atoms with Gasteiger partial charge in [0, 0.05) is 68.4 Å². The number of rotatable bonds is 5. The third-order valence-corrected chi connectivity index (χ3v) is 11.2. The number of aliphatic hydroxyl groups excluding tert-OH is 3. The van der Waals surface area contributed by atoms with Crippen molar-refractivity contribution in [2.24, 2.45) is 40.4 Å². The Bertz CT molecular complexity index is 783. The average molecular weight is 454 g/mol. The maximum absolute atomic E-state index is 12.5. The zero-order valence-corrected chi connectivity index (χ0v) is 19.6. The Hall–Kier alpha value is -0.320. The van der Waals surface area contributed by atoms with E-state index in [0.29, 0.717) is 19.4 Å². The molecule has 6 aliphatic rings. The number of methoxy groups -OCH3 is 3. The Kier molecular flexibility index (Phi) is 4.76. The summed E-state index contributed by atoms with van der Waals surface area (Å²) >= 11 is 0. The lowest BCUT2D eigenvalue weighted by Gasteiger charge is -2.69. The van der Waals surface area contributed by atoms with E-state index in [1.807, 2.05) is 0 Å². The van der Waals surface area contributed by atoms with Crippen LogP contribution in [0.3, 0.4) is 0 Å². The molecule has 0 radical (unpaired) electrons. The van der Waals surface area contributed by atoms with Gasteiger partial charge in [0.2, 0.25) is 0 Å². The van der Waals surface area contributed by atoms with Crippen LogP contribution >= 0.6 is 0 Å². The molecule has 182 valence electrons. The first-order valence-corrected chi connectivity index (χ1v) is 12.3. The fraction of sp³-hybridized carbons (Fsp3) is 1.00. The maximum Gasteiger partial charge on any atom is 0.110 e. The smallest absolute Gasteiger partial charge is 0.110 e. The molecule has 9 unspecified atom stereocenters. The molecule has 8 nitrogen and oxygen atoms in total. The van der Waals surface area contributed by atoms with Crippen molar-refractivity contribution in [2.75, 3.05) is 41.0 Å². The molecule has 7 bridgehead atoms. The van der Waals surface area contributed by atoms with Crippen LogP contribution in [0.15, 0.2) is 0 Å². The molecule has 32 heavy (non-hydrogen) atoms.